The quantitative estimate of drug-likeness (QED) is 0.0437. The Hall–Kier alpha value is -1.04. The highest BCUT2D eigenvalue weighted by Gasteiger charge is 2.30. The Morgan fingerprint density at radius 2 is 1.43 bits per heavy atom. The summed E-state index contributed by atoms with van der Waals surface area (Å²) in [6, 6.07) is 0. The molecule has 208 valence electrons. The third-order valence-corrected chi connectivity index (χ3v) is 6.86. The van der Waals surface area contributed by atoms with E-state index in [0.29, 0.717) is 0 Å². The van der Waals surface area contributed by atoms with Gasteiger partial charge in [0.1, 0.15) is 25.8 Å². The largest absolute Gasteiger partial charge is 0.748 e. The van der Waals surface area contributed by atoms with Crippen LogP contribution < -0.4 is 0 Å². The van der Waals surface area contributed by atoms with Crippen LogP contribution in [0.4, 0.5) is 0 Å². The van der Waals surface area contributed by atoms with E-state index in [2.05, 4.69) is 19.1 Å². The predicted octanol–water partition coefficient (Wildman–Crippen LogP) is 3.19. The summed E-state index contributed by atoms with van der Waals surface area (Å²) in [5.41, 5.74) is 0. The molecule has 0 aromatic heterocycles. The molecule has 0 aliphatic heterocycles. The highest BCUT2D eigenvalue weighted by molar-refractivity contribution is 7.85. The summed E-state index contributed by atoms with van der Waals surface area (Å²) in [7, 11) is -4.64. The van der Waals surface area contributed by atoms with Gasteiger partial charge in [0.05, 0.1) is 15.9 Å². The first-order valence-electron chi connectivity index (χ1n) is 13.2. The van der Waals surface area contributed by atoms with E-state index in [1.807, 2.05) is 0 Å². The molecule has 1 unspecified atom stereocenters. The number of carbonyl (C=O) groups excluding carboxylic acids is 1. The second-order valence-electron chi connectivity index (χ2n) is 9.46. The molecule has 0 aliphatic carbocycles. The van der Waals surface area contributed by atoms with Gasteiger partial charge in [-0.3, -0.25) is 9.28 Å². The number of quaternary nitrogens is 1. The Kier molecular flexibility index (Phi) is 20.5. The van der Waals surface area contributed by atoms with E-state index < -0.39 is 39.9 Å². The van der Waals surface area contributed by atoms with Gasteiger partial charge in [-0.05, 0) is 32.1 Å². The molecule has 35 heavy (non-hydrogen) atoms. The second-order valence-corrected chi connectivity index (χ2v) is 10.9. The van der Waals surface area contributed by atoms with E-state index in [9.17, 15) is 33.1 Å². The molecule has 0 saturated heterocycles. The number of ether oxygens (including phenoxy) is 1. The minimum atomic E-state index is -4.64. The van der Waals surface area contributed by atoms with Crippen LogP contribution in [0, 0.1) is 0 Å². The molecule has 0 rings (SSSR count). The molecule has 3 N–H and O–H groups in total. The van der Waals surface area contributed by atoms with Gasteiger partial charge in [-0.2, -0.15) is 0 Å². The van der Waals surface area contributed by atoms with E-state index in [0.717, 1.165) is 38.5 Å². The molecule has 0 aliphatic rings. The summed E-state index contributed by atoms with van der Waals surface area (Å²) in [4.78, 5) is 11.9. The first kappa shape index (κ1) is 34.0. The molecule has 1 atom stereocenters. The fraction of sp³-hybridized carbons (Fsp3) is 0.880. The number of carbonyl (C=O) groups is 1. The number of hydrogen-bond acceptors (Lipinski definition) is 8. The first-order valence-corrected chi connectivity index (χ1v) is 14.7. The van der Waals surface area contributed by atoms with Crippen molar-refractivity contribution in [3.63, 3.8) is 0 Å². The van der Waals surface area contributed by atoms with Crippen LogP contribution in [0.1, 0.15) is 96.8 Å². The van der Waals surface area contributed by atoms with E-state index in [-0.39, 0.29) is 32.1 Å². The third-order valence-electron chi connectivity index (χ3n) is 6.07. The van der Waals surface area contributed by atoms with Gasteiger partial charge in [0, 0.05) is 6.42 Å². The number of nitrogens with zero attached hydrogens (tertiary/aromatic N) is 1. The van der Waals surface area contributed by atoms with E-state index in [1.54, 1.807) is 0 Å². The number of allylic oxidation sites excluding steroid dienone is 2. The van der Waals surface area contributed by atoms with Gasteiger partial charge in [-0.15, -0.1) is 0 Å². The maximum Gasteiger partial charge on any atom is 0.305 e. The smallest absolute Gasteiger partial charge is 0.305 e. The molecule has 0 bridgehead atoms. The fourth-order valence-electron chi connectivity index (χ4n) is 3.89. The Morgan fingerprint density at radius 1 is 0.914 bits per heavy atom. The first-order chi connectivity index (χ1) is 16.7. The van der Waals surface area contributed by atoms with Crippen molar-refractivity contribution in [2.24, 2.45) is 0 Å². The maximum atomic E-state index is 11.9. The summed E-state index contributed by atoms with van der Waals surface area (Å²) >= 11 is 0. The number of aliphatic hydroxyl groups excluding tert-OH is 3. The second kappa shape index (κ2) is 21.1. The monoisotopic (exact) mass is 523 g/mol. The molecule has 0 saturated carbocycles. The van der Waals surface area contributed by atoms with E-state index in [1.165, 1.54) is 44.9 Å². The molecule has 0 radical (unpaired) electrons. The normalized spacial score (nSPS) is 13.4. The van der Waals surface area contributed by atoms with Crippen LogP contribution >= 0.6 is 0 Å². The summed E-state index contributed by atoms with van der Waals surface area (Å²) in [6.07, 6.45) is 18.6. The highest BCUT2D eigenvalue weighted by Crippen LogP contribution is 2.11. The molecular weight excluding hydrogens is 474 g/mol. The van der Waals surface area contributed by atoms with Gasteiger partial charge >= 0.3 is 5.97 Å². The minimum Gasteiger partial charge on any atom is -0.748 e. The fourth-order valence-corrected chi connectivity index (χ4v) is 4.47. The van der Waals surface area contributed by atoms with Crippen molar-refractivity contribution >= 4 is 16.1 Å². The number of esters is 1. The van der Waals surface area contributed by atoms with Crippen molar-refractivity contribution in [3.05, 3.63) is 12.2 Å². The van der Waals surface area contributed by atoms with E-state index in [4.69, 9.17) is 4.74 Å². The van der Waals surface area contributed by atoms with Gasteiger partial charge in [0.25, 0.3) is 0 Å². The Morgan fingerprint density at radius 3 is 1.94 bits per heavy atom. The summed E-state index contributed by atoms with van der Waals surface area (Å²) < 4.78 is 37.0. The van der Waals surface area contributed by atoms with Crippen molar-refractivity contribution in [1.82, 2.24) is 0 Å². The number of hydrogen-bond donors (Lipinski definition) is 3. The molecule has 10 heteroatoms. The molecule has 0 aromatic rings. The van der Waals surface area contributed by atoms with Crippen LogP contribution in [-0.2, 0) is 19.6 Å². The van der Waals surface area contributed by atoms with Gasteiger partial charge < -0.3 is 24.6 Å². The predicted molar refractivity (Wildman–Crippen MR) is 135 cm³/mol. The van der Waals surface area contributed by atoms with Crippen molar-refractivity contribution in [1.29, 1.82) is 0 Å². The average Bonchev–Trinajstić information content (AvgIpc) is 2.79. The third kappa shape index (κ3) is 20.8. The molecule has 0 fully saturated rings. The summed E-state index contributed by atoms with van der Waals surface area (Å²) in [5.74, 6) is -1.39. The van der Waals surface area contributed by atoms with Crippen LogP contribution in [0.3, 0.4) is 0 Å². The van der Waals surface area contributed by atoms with E-state index >= 15 is 0 Å². The number of unbranched alkanes of at least 4 members (excludes halogenated alkanes) is 11. The van der Waals surface area contributed by atoms with Gasteiger partial charge in [-0.25, -0.2) is 8.42 Å². The summed E-state index contributed by atoms with van der Waals surface area (Å²) in [5, 5.41) is 28.9. The standard InChI is InChI=1S/C25H49NO8S/c1-2-3-4-5-6-7-8-9-10-11-12-13-14-15-16-17-25(30)34-19-18-26(22-27,23-28)20-24(29)21-35(31,32)33/h9-10,24,27-29H,2-8,11-23H2,1H3/b10-9-. The zero-order chi connectivity index (χ0) is 26.4. The zero-order valence-electron chi connectivity index (χ0n) is 21.6. The molecule has 0 spiro atoms. The zero-order valence-corrected chi connectivity index (χ0v) is 22.4. The molecule has 9 nitrogen and oxygen atoms in total. The number of aliphatic hydroxyl groups is 3. The van der Waals surface area contributed by atoms with Crippen LogP contribution in [0.25, 0.3) is 0 Å². The average molecular weight is 524 g/mol. The molecule has 0 aromatic carbocycles. The maximum absolute atomic E-state index is 11.9. The lowest BCUT2D eigenvalue weighted by molar-refractivity contribution is -0.963. The van der Waals surface area contributed by atoms with Crippen LogP contribution in [0.5, 0.6) is 0 Å². The lowest BCUT2D eigenvalue weighted by Gasteiger charge is -2.35. The molecule has 0 heterocycles. The lowest BCUT2D eigenvalue weighted by atomic mass is 10.1. The van der Waals surface area contributed by atoms with Crippen LogP contribution in [0.15, 0.2) is 12.2 Å². The topological polar surface area (TPSA) is 144 Å². The molecule has 0 amide bonds. The van der Waals surface area contributed by atoms with Gasteiger partial charge in [0.2, 0.25) is 0 Å². The molecular formula is C25H49NO8S. The highest BCUT2D eigenvalue weighted by atomic mass is 32.2. The Balaban J connectivity index is 3.82. The van der Waals surface area contributed by atoms with Crippen LogP contribution in [0.2, 0.25) is 0 Å². The Labute approximate surface area is 212 Å². The van der Waals surface area contributed by atoms with Gasteiger partial charge in [-0.1, -0.05) is 70.4 Å². The SMILES string of the molecule is CCCCCCCC/C=C\CCCCCCCC(=O)OCC[N+](CO)(CO)CC(O)CS(=O)(=O)[O-]. The lowest BCUT2D eigenvalue weighted by Crippen LogP contribution is -2.56. The van der Waals surface area contributed by atoms with Crippen molar-refractivity contribution in [2.45, 2.75) is 103 Å². The van der Waals surface area contributed by atoms with Gasteiger partial charge in [0.15, 0.2) is 13.5 Å². The summed E-state index contributed by atoms with van der Waals surface area (Å²) in [6.45, 7) is 0.582. The van der Waals surface area contributed by atoms with Crippen LogP contribution in [-0.4, -0.2) is 83.8 Å². The van der Waals surface area contributed by atoms with Crippen molar-refractivity contribution in [2.75, 3.05) is 38.9 Å². The number of rotatable bonds is 24. The van der Waals surface area contributed by atoms with Crippen molar-refractivity contribution in [3.8, 4) is 0 Å². The Bertz CT molecular complexity index is 650. The minimum absolute atomic E-state index is 0.0128. The van der Waals surface area contributed by atoms with Crippen molar-refractivity contribution < 1.29 is 42.3 Å².